The van der Waals surface area contributed by atoms with E-state index in [9.17, 15) is 0 Å². The molecule has 2 aromatic rings. The number of halogens is 1. The minimum absolute atomic E-state index is 0.244. The highest BCUT2D eigenvalue weighted by molar-refractivity contribution is 9.23. The van der Waals surface area contributed by atoms with Crippen LogP contribution in [-0.2, 0) is 0 Å². The van der Waals surface area contributed by atoms with E-state index in [1.165, 1.54) is 20.8 Å². The van der Waals surface area contributed by atoms with Crippen LogP contribution in [0.3, 0.4) is 0 Å². The van der Waals surface area contributed by atoms with E-state index in [1.807, 2.05) is 0 Å². The number of benzene rings is 1. The molecule has 0 amide bonds. The summed E-state index contributed by atoms with van der Waals surface area (Å²) < 4.78 is 3.74. The van der Waals surface area contributed by atoms with Gasteiger partial charge in [-0.25, -0.2) is 0 Å². The van der Waals surface area contributed by atoms with Crippen molar-refractivity contribution in [3.8, 4) is 5.69 Å². The highest BCUT2D eigenvalue weighted by atomic mass is 79.9. The smallest absolute Gasteiger partial charge is 0.319 e. The largest absolute Gasteiger partial charge is 0.506 e. The molecule has 15 heavy (non-hydrogen) atoms. The lowest BCUT2D eigenvalue weighted by Gasteiger charge is -2.10. The van der Waals surface area contributed by atoms with Crippen molar-refractivity contribution >= 4 is 34.8 Å². The molecule has 2 rings (SSSR count). The van der Waals surface area contributed by atoms with Crippen molar-refractivity contribution in [2.45, 2.75) is 13.8 Å². The Bertz CT molecular complexity index is 457. The van der Waals surface area contributed by atoms with Gasteiger partial charge in [0.25, 0.3) is 0 Å². The molecule has 0 spiro atoms. The molecule has 0 radical (unpaired) electrons. The highest BCUT2D eigenvalue weighted by Gasteiger charge is 2.04. The first kappa shape index (κ1) is 11.2. The molecule has 3 heteroatoms. The second-order valence-corrected chi connectivity index (χ2v) is 6.52. The minimum Gasteiger partial charge on any atom is -0.319 e. The van der Waals surface area contributed by atoms with Crippen molar-refractivity contribution in [2.75, 3.05) is 0 Å². The van der Waals surface area contributed by atoms with Gasteiger partial charge in [0, 0.05) is 17.1 Å². The standard InChI is InChI=1S/C12H12N.BrH.Mg/c1-10-8-9-11(2)13(10)12-6-4-3-5-7-12;;/h3-4,6-9H,1-2H3;1H;/q;;+1/p-1. The second kappa shape index (κ2) is 4.72. The maximum absolute atomic E-state index is 3.62. The zero-order chi connectivity index (χ0) is 10.8. The first-order chi connectivity index (χ1) is 7.22. The maximum Gasteiger partial charge on any atom is 0.506 e. The molecule has 0 saturated heterocycles. The third-order valence-corrected chi connectivity index (χ3v) is 5.29. The molecule has 0 fully saturated rings. The third kappa shape index (κ3) is 2.30. The topological polar surface area (TPSA) is 4.93 Å². The third-order valence-electron chi connectivity index (χ3n) is 2.59. The highest BCUT2D eigenvalue weighted by Crippen LogP contribution is 2.14. The van der Waals surface area contributed by atoms with Crippen molar-refractivity contribution in [2.24, 2.45) is 0 Å². The number of aromatic nitrogens is 1. The van der Waals surface area contributed by atoms with Gasteiger partial charge in [0.2, 0.25) is 0 Å². The van der Waals surface area contributed by atoms with Gasteiger partial charge < -0.3 is 4.57 Å². The van der Waals surface area contributed by atoms with Gasteiger partial charge in [0.1, 0.15) is 0 Å². The fraction of sp³-hybridized carbons (Fsp3) is 0.167. The van der Waals surface area contributed by atoms with Gasteiger partial charge in [0.05, 0.1) is 0 Å². The number of rotatable bonds is 2. The molecule has 74 valence electrons. The van der Waals surface area contributed by atoms with Crippen LogP contribution < -0.4 is 3.69 Å². The summed E-state index contributed by atoms with van der Waals surface area (Å²) in [5, 5.41) is 0. The van der Waals surface area contributed by atoms with Gasteiger partial charge in [-0.1, -0.05) is 18.2 Å². The summed E-state index contributed by atoms with van der Waals surface area (Å²) in [5.74, 6) is 0. The Morgan fingerprint density at radius 3 is 2.33 bits per heavy atom. The molecular weight excluding hydrogens is 262 g/mol. The SMILES string of the molecule is Cc1ccc(C)n1-c1ccc[c]([Mg][Br])c1. The summed E-state index contributed by atoms with van der Waals surface area (Å²) in [5.41, 5.74) is 3.86. The van der Waals surface area contributed by atoms with E-state index in [0.29, 0.717) is 0 Å². The van der Waals surface area contributed by atoms with Crippen LogP contribution in [0.4, 0.5) is 0 Å². The van der Waals surface area contributed by atoms with Gasteiger partial charge >= 0.3 is 18.2 Å². The minimum atomic E-state index is -0.244. The summed E-state index contributed by atoms with van der Waals surface area (Å²) in [4.78, 5) is 0. The molecular formula is C12H12BrMgN. The Labute approximate surface area is 106 Å². The average Bonchev–Trinajstić information content (AvgIpc) is 2.59. The van der Waals surface area contributed by atoms with Crippen LogP contribution in [0, 0.1) is 13.8 Å². The molecule has 1 nitrogen and oxygen atoms in total. The second-order valence-electron chi connectivity index (χ2n) is 3.76. The summed E-state index contributed by atoms with van der Waals surface area (Å²) in [7, 11) is 0. The molecule has 0 saturated carbocycles. The first-order valence-electron chi connectivity index (χ1n) is 5.02. The summed E-state index contributed by atoms with van der Waals surface area (Å²) >= 11 is 3.38. The van der Waals surface area contributed by atoms with Crippen LogP contribution in [0.5, 0.6) is 0 Å². The van der Waals surface area contributed by atoms with Crippen molar-refractivity contribution in [1.29, 1.82) is 0 Å². The molecule has 0 aliphatic rings. The molecule has 0 aliphatic carbocycles. The van der Waals surface area contributed by atoms with E-state index in [1.54, 1.807) is 0 Å². The van der Waals surface area contributed by atoms with Gasteiger partial charge in [-0.15, -0.1) is 3.69 Å². The normalized spacial score (nSPS) is 10.1. The van der Waals surface area contributed by atoms with Crippen LogP contribution in [0.1, 0.15) is 11.4 Å². The summed E-state index contributed by atoms with van der Waals surface area (Å²) in [6.45, 7) is 4.29. The Morgan fingerprint density at radius 2 is 1.73 bits per heavy atom. The lowest BCUT2D eigenvalue weighted by molar-refractivity contribution is 0.967. The van der Waals surface area contributed by atoms with Gasteiger partial charge in [-0.2, -0.15) is 0 Å². The van der Waals surface area contributed by atoms with E-state index in [4.69, 9.17) is 0 Å². The summed E-state index contributed by atoms with van der Waals surface area (Å²) in [6, 6.07) is 13.1. The summed E-state index contributed by atoms with van der Waals surface area (Å²) in [6.07, 6.45) is 0. The molecule has 1 heterocycles. The van der Waals surface area contributed by atoms with Crippen molar-refractivity contribution < 1.29 is 0 Å². The lowest BCUT2D eigenvalue weighted by Crippen LogP contribution is -2.10. The Morgan fingerprint density at radius 1 is 1.07 bits per heavy atom. The maximum atomic E-state index is 3.62. The van der Waals surface area contributed by atoms with Gasteiger partial charge in [0.15, 0.2) is 0 Å². The molecule has 1 aromatic carbocycles. The Hall–Kier alpha value is -0.254. The van der Waals surface area contributed by atoms with Crippen LogP contribution in [-0.4, -0.2) is 22.8 Å². The van der Waals surface area contributed by atoms with E-state index in [-0.39, 0.29) is 18.2 Å². The molecule has 0 unspecified atom stereocenters. The van der Waals surface area contributed by atoms with Crippen molar-refractivity contribution in [1.82, 2.24) is 4.57 Å². The van der Waals surface area contributed by atoms with Crippen molar-refractivity contribution in [3.63, 3.8) is 0 Å². The predicted octanol–water partition coefficient (Wildman–Crippen LogP) is 2.73. The quantitative estimate of drug-likeness (QED) is 0.742. The fourth-order valence-electron chi connectivity index (χ4n) is 1.85. The monoisotopic (exact) mass is 273 g/mol. The molecule has 1 aromatic heterocycles. The van der Waals surface area contributed by atoms with Crippen LogP contribution in [0.2, 0.25) is 0 Å². The zero-order valence-corrected chi connectivity index (χ0v) is 12.0. The molecule has 0 aliphatic heterocycles. The number of aryl methyl sites for hydroxylation is 2. The molecule has 0 bridgehead atoms. The van der Waals surface area contributed by atoms with Crippen LogP contribution in [0.15, 0.2) is 36.4 Å². The first-order valence-corrected chi connectivity index (χ1v) is 9.63. The number of hydrogen-bond acceptors (Lipinski definition) is 0. The average molecular weight is 274 g/mol. The van der Waals surface area contributed by atoms with Crippen molar-refractivity contribution in [3.05, 3.63) is 47.8 Å². The van der Waals surface area contributed by atoms with Gasteiger partial charge in [-0.3, -0.25) is 12.9 Å². The van der Waals surface area contributed by atoms with E-state index >= 15 is 0 Å². The fourth-order valence-corrected chi connectivity index (χ4v) is 3.41. The number of nitrogens with zero attached hydrogens (tertiary/aromatic N) is 1. The van der Waals surface area contributed by atoms with E-state index < -0.39 is 0 Å². The van der Waals surface area contributed by atoms with Gasteiger partial charge in [-0.05, 0) is 32.0 Å². The Kier molecular flexibility index (Phi) is 3.54. The van der Waals surface area contributed by atoms with E-state index in [0.717, 1.165) is 0 Å². The molecule has 0 atom stereocenters. The zero-order valence-electron chi connectivity index (χ0n) is 9.00. The van der Waals surface area contributed by atoms with Crippen LogP contribution in [0.25, 0.3) is 5.69 Å². The lowest BCUT2D eigenvalue weighted by atomic mass is 10.3. The molecule has 0 N–H and O–H groups in total. The van der Waals surface area contributed by atoms with Crippen LogP contribution >= 0.6 is 12.9 Å². The van der Waals surface area contributed by atoms with E-state index in [2.05, 4.69) is 67.7 Å². The number of hydrogen-bond donors (Lipinski definition) is 0. The predicted molar refractivity (Wildman–Crippen MR) is 69.6 cm³/mol. The Balaban J connectivity index is 2.53.